The molecular weight excluding hydrogens is 380 g/mol. The molecule has 3 heterocycles. The third kappa shape index (κ3) is 3.16. The summed E-state index contributed by atoms with van der Waals surface area (Å²) in [5, 5.41) is 0. The van der Waals surface area contributed by atoms with Crippen molar-refractivity contribution in [1.82, 2.24) is 19.4 Å². The zero-order valence-electron chi connectivity index (χ0n) is 16.5. The molecule has 2 aliphatic rings. The van der Waals surface area contributed by atoms with Crippen LogP contribution in [-0.4, -0.2) is 56.7 Å². The highest BCUT2D eigenvalue weighted by Crippen LogP contribution is 2.24. The number of rotatable bonds is 4. The average molecular weight is 402 g/mol. The second-order valence-corrected chi connectivity index (χ2v) is 7.95. The molecule has 0 spiro atoms. The van der Waals surface area contributed by atoms with Crippen LogP contribution in [0.3, 0.4) is 0 Å². The highest BCUT2D eigenvalue weighted by molar-refractivity contribution is 6.22. The quantitative estimate of drug-likeness (QED) is 0.629. The lowest BCUT2D eigenvalue weighted by Gasteiger charge is -2.33. The van der Waals surface area contributed by atoms with Crippen LogP contribution in [0.5, 0.6) is 0 Å². The largest absolute Gasteiger partial charge is 0.341 e. The van der Waals surface area contributed by atoms with Crippen LogP contribution >= 0.6 is 0 Å². The van der Waals surface area contributed by atoms with Crippen LogP contribution in [0.2, 0.25) is 0 Å². The Labute approximate surface area is 173 Å². The fourth-order valence-electron chi connectivity index (χ4n) is 4.42. The van der Waals surface area contributed by atoms with E-state index in [1.807, 2.05) is 24.5 Å². The number of hydrogen-bond acceptors (Lipinski definition) is 4. The highest BCUT2D eigenvalue weighted by Gasteiger charge is 2.37. The van der Waals surface area contributed by atoms with Gasteiger partial charge in [0.15, 0.2) is 0 Å². The predicted octanol–water partition coefficient (Wildman–Crippen LogP) is 2.57. The number of imidazole rings is 1. The van der Waals surface area contributed by atoms with E-state index < -0.39 is 0 Å². The maximum absolute atomic E-state index is 12.8. The van der Waals surface area contributed by atoms with Gasteiger partial charge in [0.1, 0.15) is 6.54 Å². The normalized spacial score (nSPS) is 17.1. The number of nitrogens with zero attached hydrogens (tertiary/aromatic N) is 4. The Morgan fingerprint density at radius 2 is 1.57 bits per heavy atom. The maximum atomic E-state index is 12.8. The third-order valence-corrected chi connectivity index (χ3v) is 6.12. The van der Waals surface area contributed by atoms with Crippen LogP contribution in [0, 0.1) is 5.92 Å². The zero-order chi connectivity index (χ0) is 20.7. The number of para-hydroxylation sites is 2. The summed E-state index contributed by atoms with van der Waals surface area (Å²) >= 11 is 0. The van der Waals surface area contributed by atoms with Crippen LogP contribution in [0.15, 0.2) is 54.9 Å². The van der Waals surface area contributed by atoms with E-state index in [1.54, 1.807) is 29.2 Å². The second kappa shape index (κ2) is 7.40. The van der Waals surface area contributed by atoms with Gasteiger partial charge in [-0.15, -0.1) is 0 Å². The SMILES string of the molecule is O=C(CN1C(=O)c2ccccc2C1=O)N1CCC(Cn2cnc3ccccc32)CC1. The molecule has 0 atom stereocenters. The summed E-state index contributed by atoms with van der Waals surface area (Å²) in [4.78, 5) is 45.0. The molecule has 3 aromatic rings. The number of carbonyl (C=O) groups excluding carboxylic acids is 3. The molecule has 0 aliphatic carbocycles. The minimum absolute atomic E-state index is 0.170. The van der Waals surface area contributed by atoms with Gasteiger partial charge in [0.25, 0.3) is 11.8 Å². The Balaban J connectivity index is 1.18. The van der Waals surface area contributed by atoms with E-state index >= 15 is 0 Å². The van der Waals surface area contributed by atoms with Gasteiger partial charge < -0.3 is 9.47 Å². The van der Waals surface area contributed by atoms with Crippen molar-refractivity contribution in [3.63, 3.8) is 0 Å². The summed E-state index contributed by atoms with van der Waals surface area (Å²) in [5.74, 6) is -0.473. The number of benzene rings is 2. The summed E-state index contributed by atoms with van der Waals surface area (Å²) in [6.45, 7) is 1.96. The highest BCUT2D eigenvalue weighted by atomic mass is 16.2. The lowest BCUT2D eigenvalue weighted by Crippen LogP contribution is -2.46. The van der Waals surface area contributed by atoms with Gasteiger partial charge in [-0.3, -0.25) is 19.3 Å². The van der Waals surface area contributed by atoms with E-state index in [9.17, 15) is 14.4 Å². The smallest absolute Gasteiger partial charge is 0.262 e. The van der Waals surface area contributed by atoms with E-state index in [-0.39, 0.29) is 24.3 Å². The molecule has 7 nitrogen and oxygen atoms in total. The molecule has 7 heteroatoms. The molecule has 5 rings (SSSR count). The van der Waals surface area contributed by atoms with Gasteiger partial charge in [0, 0.05) is 19.6 Å². The molecule has 3 amide bonds. The van der Waals surface area contributed by atoms with Crippen molar-refractivity contribution in [3.05, 3.63) is 66.0 Å². The molecular formula is C23H22N4O3. The Hall–Kier alpha value is -3.48. The molecule has 2 aliphatic heterocycles. The minimum atomic E-state index is -0.383. The molecule has 30 heavy (non-hydrogen) atoms. The van der Waals surface area contributed by atoms with Crippen LogP contribution < -0.4 is 0 Å². The number of likely N-dealkylation sites (tertiary alicyclic amines) is 1. The predicted molar refractivity (Wildman–Crippen MR) is 111 cm³/mol. The first-order valence-corrected chi connectivity index (χ1v) is 10.2. The lowest BCUT2D eigenvalue weighted by molar-refractivity contribution is -0.132. The van der Waals surface area contributed by atoms with E-state index in [1.165, 1.54) is 0 Å². The average Bonchev–Trinajstić information content (AvgIpc) is 3.29. The van der Waals surface area contributed by atoms with Crippen LogP contribution in [0.25, 0.3) is 11.0 Å². The van der Waals surface area contributed by atoms with E-state index in [0.717, 1.165) is 35.3 Å². The molecule has 152 valence electrons. The first-order valence-electron chi connectivity index (χ1n) is 10.2. The van der Waals surface area contributed by atoms with Gasteiger partial charge in [-0.2, -0.15) is 0 Å². The van der Waals surface area contributed by atoms with Gasteiger partial charge in [-0.1, -0.05) is 24.3 Å². The number of aromatic nitrogens is 2. The molecule has 1 fully saturated rings. The van der Waals surface area contributed by atoms with Gasteiger partial charge in [-0.05, 0) is 43.0 Å². The van der Waals surface area contributed by atoms with Crippen molar-refractivity contribution in [3.8, 4) is 0 Å². The molecule has 0 bridgehead atoms. The molecule has 0 unspecified atom stereocenters. The fraction of sp³-hybridized carbons (Fsp3) is 0.304. The number of imide groups is 1. The van der Waals surface area contributed by atoms with Gasteiger partial charge in [0.2, 0.25) is 5.91 Å². The van der Waals surface area contributed by atoms with Crippen molar-refractivity contribution < 1.29 is 14.4 Å². The number of amides is 3. The number of fused-ring (bicyclic) bond motifs is 2. The van der Waals surface area contributed by atoms with Gasteiger partial charge in [-0.25, -0.2) is 4.98 Å². The van der Waals surface area contributed by atoms with E-state index in [2.05, 4.69) is 15.6 Å². The van der Waals surface area contributed by atoms with Gasteiger partial charge >= 0.3 is 0 Å². The first kappa shape index (κ1) is 18.5. The van der Waals surface area contributed by atoms with Crippen molar-refractivity contribution in [1.29, 1.82) is 0 Å². The van der Waals surface area contributed by atoms with Gasteiger partial charge in [0.05, 0.1) is 28.5 Å². The Kier molecular flexibility index (Phi) is 4.58. The van der Waals surface area contributed by atoms with Crippen molar-refractivity contribution >= 4 is 28.8 Å². The van der Waals surface area contributed by atoms with Crippen LogP contribution in [0.4, 0.5) is 0 Å². The van der Waals surface area contributed by atoms with Crippen molar-refractivity contribution in [2.24, 2.45) is 5.92 Å². The van der Waals surface area contributed by atoms with Crippen molar-refractivity contribution in [2.45, 2.75) is 19.4 Å². The standard InChI is InChI=1S/C23H22N4O3/c28-21(14-27-22(29)17-5-1-2-6-18(17)23(27)30)25-11-9-16(10-12-25)13-26-15-24-19-7-3-4-8-20(19)26/h1-8,15-16H,9-14H2. The summed E-state index contributed by atoms with van der Waals surface area (Å²) in [6, 6.07) is 14.8. The number of carbonyl (C=O) groups is 3. The molecule has 0 radical (unpaired) electrons. The Morgan fingerprint density at radius 1 is 0.933 bits per heavy atom. The molecule has 1 aromatic heterocycles. The summed E-state index contributed by atoms with van der Waals surface area (Å²) in [7, 11) is 0. The Morgan fingerprint density at radius 3 is 2.27 bits per heavy atom. The number of piperidine rings is 1. The lowest BCUT2D eigenvalue weighted by atomic mass is 9.96. The van der Waals surface area contributed by atoms with Crippen LogP contribution in [0.1, 0.15) is 33.6 Å². The topological polar surface area (TPSA) is 75.5 Å². The summed E-state index contributed by atoms with van der Waals surface area (Å²) < 4.78 is 2.18. The zero-order valence-corrected chi connectivity index (χ0v) is 16.5. The minimum Gasteiger partial charge on any atom is -0.341 e. The third-order valence-electron chi connectivity index (χ3n) is 6.12. The first-order chi connectivity index (χ1) is 14.6. The van der Waals surface area contributed by atoms with Crippen molar-refractivity contribution in [2.75, 3.05) is 19.6 Å². The van der Waals surface area contributed by atoms with E-state index in [0.29, 0.717) is 30.1 Å². The fourth-order valence-corrected chi connectivity index (χ4v) is 4.42. The monoisotopic (exact) mass is 402 g/mol. The molecule has 1 saturated heterocycles. The Bertz CT molecular complexity index is 1110. The molecule has 0 saturated carbocycles. The second-order valence-electron chi connectivity index (χ2n) is 7.95. The van der Waals surface area contributed by atoms with Crippen LogP contribution in [-0.2, 0) is 11.3 Å². The number of hydrogen-bond donors (Lipinski definition) is 0. The van der Waals surface area contributed by atoms with E-state index in [4.69, 9.17) is 0 Å². The molecule has 0 N–H and O–H groups in total. The molecule has 2 aromatic carbocycles. The summed E-state index contributed by atoms with van der Waals surface area (Å²) in [6.07, 6.45) is 3.66. The maximum Gasteiger partial charge on any atom is 0.262 e. The summed E-state index contributed by atoms with van der Waals surface area (Å²) in [5.41, 5.74) is 2.87.